The fourth-order valence-electron chi connectivity index (χ4n) is 2.88. The molecular weight excluding hydrogens is 304 g/mol. The standard InChI is InChI=1S/C19H22N2O3/c1-2-24-13-19(23)20-17-5-7-18(8-6-17)21-10-15-4-3-14(12-22)9-16(15)11-21/h3-9,22H,2,10-13H2,1H3,(H,20,23). The number of aliphatic hydroxyl groups is 1. The van der Waals surface area contributed by atoms with Crippen LogP contribution in [0, 0.1) is 0 Å². The molecule has 1 aliphatic rings. The van der Waals surface area contributed by atoms with Gasteiger partial charge in [-0.3, -0.25) is 4.79 Å². The zero-order valence-corrected chi connectivity index (χ0v) is 13.8. The quantitative estimate of drug-likeness (QED) is 0.857. The Morgan fingerprint density at radius 1 is 1.17 bits per heavy atom. The van der Waals surface area contributed by atoms with E-state index in [-0.39, 0.29) is 19.1 Å². The van der Waals surface area contributed by atoms with Crippen LogP contribution >= 0.6 is 0 Å². The van der Waals surface area contributed by atoms with Crippen LogP contribution in [0.2, 0.25) is 0 Å². The monoisotopic (exact) mass is 326 g/mol. The van der Waals surface area contributed by atoms with E-state index in [1.54, 1.807) is 0 Å². The number of benzene rings is 2. The summed E-state index contributed by atoms with van der Waals surface area (Å²) in [6.45, 7) is 4.23. The molecule has 2 aromatic rings. The number of rotatable bonds is 6. The molecule has 5 heteroatoms. The molecule has 0 bridgehead atoms. The lowest BCUT2D eigenvalue weighted by atomic mass is 10.1. The Balaban J connectivity index is 1.63. The first-order chi connectivity index (χ1) is 11.7. The van der Waals surface area contributed by atoms with E-state index in [9.17, 15) is 9.90 Å². The van der Waals surface area contributed by atoms with Gasteiger partial charge in [0, 0.05) is 31.1 Å². The highest BCUT2D eigenvalue weighted by atomic mass is 16.5. The molecule has 1 heterocycles. The first-order valence-corrected chi connectivity index (χ1v) is 8.13. The van der Waals surface area contributed by atoms with Crippen molar-refractivity contribution in [3.8, 4) is 0 Å². The van der Waals surface area contributed by atoms with Crippen molar-refractivity contribution in [2.45, 2.75) is 26.6 Å². The summed E-state index contributed by atoms with van der Waals surface area (Å²) in [4.78, 5) is 13.9. The van der Waals surface area contributed by atoms with Crippen molar-refractivity contribution in [2.75, 3.05) is 23.4 Å². The van der Waals surface area contributed by atoms with Gasteiger partial charge in [0.1, 0.15) is 6.61 Å². The minimum atomic E-state index is -0.144. The maximum Gasteiger partial charge on any atom is 0.250 e. The molecule has 0 atom stereocenters. The van der Waals surface area contributed by atoms with E-state index >= 15 is 0 Å². The molecule has 0 unspecified atom stereocenters. The predicted molar refractivity (Wildman–Crippen MR) is 93.8 cm³/mol. The van der Waals surface area contributed by atoms with Crippen LogP contribution in [0.4, 0.5) is 11.4 Å². The molecule has 0 aromatic heterocycles. The molecule has 0 aliphatic carbocycles. The van der Waals surface area contributed by atoms with Crippen molar-refractivity contribution >= 4 is 17.3 Å². The third kappa shape index (κ3) is 3.75. The second kappa shape index (κ2) is 7.47. The molecule has 0 saturated carbocycles. The zero-order chi connectivity index (χ0) is 16.9. The Morgan fingerprint density at radius 2 is 1.92 bits per heavy atom. The molecule has 0 radical (unpaired) electrons. The lowest BCUT2D eigenvalue weighted by Gasteiger charge is -2.18. The molecule has 2 aromatic carbocycles. The van der Waals surface area contributed by atoms with E-state index in [2.05, 4.69) is 22.3 Å². The van der Waals surface area contributed by atoms with Crippen LogP contribution < -0.4 is 10.2 Å². The van der Waals surface area contributed by atoms with Crippen molar-refractivity contribution in [1.82, 2.24) is 0 Å². The normalized spacial score (nSPS) is 13.0. The second-order valence-corrected chi connectivity index (χ2v) is 5.85. The van der Waals surface area contributed by atoms with Crippen LogP contribution in [0.3, 0.4) is 0 Å². The van der Waals surface area contributed by atoms with E-state index in [4.69, 9.17) is 4.74 Å². The number of hydrogen-bond donors (Lipinski definition) is 2. The van der Waals surface area contributed by atoms with Crippen LogP contribution in [0.15, 0.2) is 42.5 Å². The second-order valence-electron chi connectivity index (χ2n) is 5.85. The Bertz CT molecular complexity index is 713. The zero-order valence-electron chi connectivity index (χ0n) is 13.8. The van der Waals surface area contributed by atoms with Crippen LogP contribution in [0.25, 0.3) is 0 Å². The highest BCUT2D eigenvalue weighted by Gasteiger charge is 2.19. The molecule has 0 fully saturated rings. The van der Waals surface area contributed by atoms with Crippen molar-refractivity contribution < 1.29 is 14.6 Å². The number of nitrogens with zero attached hydrogens (tertiary/aromatic N) is 1. The number of carbonyl (C=O) groups is 1. The van der Waals surface area contributed by atoms with Crippen LogP contribution in [-0.4, -0.2) is 24.2 Å². The van der Waals surface area contributed by atoms with Gasteiger partial charge in [0.05, 0.1) is 6.61 Å². The maximum absolute atomic E-state index is 11.7. The predicted octanol–water partition coefficient (Wildman–Crippen LogP) is 2.67. The van der Waals surface area contributed by atoms with Gasteiger partial charge in [0.2, 0.25) is 5.91 Å². The average Bonchev–Trinajstić information content (AvgIpc) is 3.03. The molecule has 3 rings (SSSR count). The smallest absolute Gasteiger partial charge is 0.250 e. The minimum absolute atomic E-state index is 0.0728. The van der Waals surface area contributed by atoms with E-state index < -0.39 is 0 Å². The summed E-state index contributed by atoms with van der Waals surface area (Å²) >= 11 is 0. The molecule has 24 heavy (non-hydrogen) atoms. The van der Waals surface area contributed by atoms with Gasteiger partial charge in [-0.15, -0.1) is 0 Å². The number of carbonyl (C=O) groups excluding carboxylic acids is 1. The molecule has 5 nitrogen and oxygen atoms in total. The highest BCUT2D eigenvalue weighted by Crippen LogP contribution is 2.29. The SMILES string of the molecule is CCOCC(=O)Nc1ccc(N2Cc3ccc(CO)cc3C2)cc1. The van der Waals surface area contributed by atoms with Gasteiger partial charge in [-0.05, 0) is 47.9 Å². The van der Waals surface area contributed by atoms with Gasteiger partial charge in [0.15, 0.2) is 0 Å². The number of fused-ring (bicyclic) bond motifs is 1. The first-order valence-electron chi connectivity index (χ1n) is 8.13. The summed E-state index contributed by atoms with van der Waals surface area (Å²) in [5, 5.41) is 12.1. The van der Waals surface area contributed by atoms with Crippen molar-refractivity contribution in [3.05, 3.63) is 59.2 Å². The fourth-order valence-corrected chi connectivity index (χ4v) is 2.88. The lowest BCUT2D eigenvalue weighted by molar-refractivity contribution is -0.120. The Kier molecular flexibility index (Phi) is 5.13. The van der Waals surface area contributed by atoms with Gasteiger partial charge in [-0.1, -0.05) is 18.2 Å². The van der Waals surface area contributed by atoms with Crippen molar-refractivity contribution in [3.63, 3.8) is 0 Å². The summed E-state index contributed by atoms with van der Waals surface area (Å²) < 4.78 is 5.09. The number of anilines is 2. The first kappa shape index (κ1) is 16.5. The lowest BCUT2D eigenvalue weighted by Crippen LogP contribution is -2.18. The Hall–Kier alpha value is -2.37. The third-order valence-electron chi connectivity index (χ3n) is 4.13. The van der Waals surface area contributed by atoms with Crippen molar-refractivity contribution in [1.29, 1.82) is 0 Å². The number of hydrogen-bond acceptors (Lipinski definition) is 4. The molecule has 1 aliphatic heterocycles. The molecular formula is C19H22N2O3. The fraction of sp³-hybridized carbons (Fsp3) is 0.316. The van der Waals surface area contributed by atoms with Crippen LogP contribution in [0.5, 0.6) is 0 Å². The summed E-state index contributed by atoms with van der Waals surface area (Å²) in [5.41, 5.74) is 5.38. The molecule has 0 spiro atoms. The van der Waals surface area contributed by atoms with Gasteiger partial charge in [0.25, 0.3) is 0 Å². The number of nitrogens with one attached hydrogen (secondary N) is 1. The average molecular weight is 326 g/mol. The van der Waals surface area contributed by atoms with E-state index in [0.29, 0.717) is 6.61 Å². The minimum Gasteiger partial charge on any atom is -0.392 e. The Labute approximate surface area is 141 Å². The topological polar surface area (TPSA) is 61.8 Å². The molecule has 1 amide bonds. The molecule has 126 valence electrons. The highest BCUT2D eigenvalue weighted by molar-refractivity contribution is 5.91. The van der Waals surface area contributed by atoms with Gasteiger partial charge >= 0.3 is 0 Å². The van der Waals surface area contributed by atoms with Gasteiger partial charge in [-0.25, -0.2) is 0 Å². The van der Waals surface area contributed by atoms with E-state index in [0.717, 1.165) is 30.0 Å². The van der Waals surface area contributed by atoms with E-state index in [1.165, 1.54) is 11.1 Å². The summed E-state index contributed by atoms with van der Waals surface area (Å²) in [6.07, 6.45) is 0. The molecule has 2 N–H and O–H groups in total. The number of ether oxygens (including phenoxy) is 1. The van der Waals surface area contributed by atoms with Gasteiger partial charge < -0.3 is 20.1 Å². The largest absolute Gasteiger partial charge is 0.392 e. The number of aliphatic hydroxyl groups excluding tert-OH is 1. The number of amides is 1. The molecule has 0 saturated heterocycles. The maximum atomic E-state index is 11.7. The Morgan fingerprint density at radius 3 is 2.62 bits per heavy atom. The van der Waals surface area contributed by atoms with Crippen LogP contribution in [0.1, 0.15) is 23.6 Å². The third-order valence-corrected chi connectivity index (χ3v) is 4.13. The summed E-state index contributed by atoms with van der Waals surface area (Å²) in [7, 11) is 0. The summed E-state index contributed by atoms with van der Waals surface area (Å²) in [6, 6.07) is 14.0. The van der Waals surface area contributed by atoms with Crippen molar-refractivity contribution in [2.24, 2.45) is 0 Å². The van der Waals surface area contributed by atoms with E-state index in [1.807, 2.05) is 37.3 Å². The summed E-state index contributed by atoms with van der Waals surface area (Å²) in [5.74, 6) is -0.144. The van der Waals surface area contributed by atoms with Gasteiger partial charge in [-0.2, -0.15) is 0 Å². The van der Waals surface area contributed by atoms with Crippen LogP contribution in [-0.2, 0) is 29.2 Å².